The van der Waals surface area contributed by atoms with Crippen molar-refractivity contribution in [2.24, 2.45) is 10.4 Å². The molecule has 0 aromatic carbocycles. The number of hydrogen-bond donors (Lipinski definition) is 0. The summed E-state index contributed by atoms with van der Waals surface area (Å²) in [6.07, 6.45) is 4.77. The summed E-state index contributed by atoms with van der Waals surface area (Å²) in [5, 5.41) is 13.0. The van der Waals surface area contributed by atoms with Crippen LogP contribution in [0.25, 0.3) is 0 Å². The zero-order valence-corrected chi connectivity index (χ0v) is 10.6. The fraction of sp³-hybridized carbons (Fsp3) is 0.833. The maximum atomic E-state index is 4.38. The minimum absolute atomic E-state index is 0.116. The molecule has 4 nitrogen and oxygen atoms in total. The molecule has 0 spiro atoms. The molecular weight excluding hydrogens is 200 g/mol. The summed E-state index contributed by atoms with van der Waals surface area (Å²) < 4.78 is 0. The standard InChI is InChI=1S/C12H20N4/c1-11(2)7-5-9-6-8-12(3,4)16-10(9)15(11)13-14-16/h5-8H2,1-4H3. The van der Waals surface area contributed by atoms with Gasteiger partial charge in [0.05, 0.1) is 11.1 Å². The van der Waals surface area contributed by atoms with Gasteiger partial charge in [0.1, 0.15) is 5.82 Å². The molecule has 3 rings (SSSR count). The van der Waals surface area contributed by atoms with Crippen LogP contribution in [0.3, 0.4) is 0 Å². The molecule has 3 aliphatic heterocycles. The molecule has 0 fully saturated rings. The van der Waals surface area contributed by atoms with Crippen LogP contribution < -0.4 is 0 Å². The Hall–Kier alpha value is -1.06. The summed E-state index contributed by atoms with van der Waals surface area (Å²) >= 11 is 0. The molecule has 0 bridgehead atoms. The molecule has 0 unspecified atom stereocenters. The first kappa shape index (κ1) is 10.1. The van der Waals surface area contributed by atoms with E-state index in [4.69, 9.17) is 0 Å². The van der Waals surface area contributed by atoms with Gasteiger partial charge in [-0.25, -0.2) is 10.0 Å². The van der Waals surface area contributed by atoms with Crippen molar-refractivity contribution in [3.8, 4) is 0 Å². The van der Waals surface area contributed by atoms with Crippen LogP contribution in [0.1, 0.15) is 53.4 Å². The maximum absolute atomic E-state index is 4.38. The molecule has 3 heterocycles. The van der Waals surface area contributed by atoms with Crippen molar-refractivity contribution in [1.82, 2.24) is 10.0 Å². The minimum atomic E-state index is 0.116. The van der Waals surface area contributed by atoms with Crippen LogP contribution in [0.5, 0.6) is 0 Å². The van der Waals surface area contributed by atoms with Crippen molar-refractivity contribution in [2.75, 3.05) is 0 Å². The van der Waals surface area contributed by atoms with Gasteiger partial charge >= 0.3 is 0 Å². The molecule has 0 aromatic rings. The Morgan fingerprint density at radius 2 is 1.31 bits per heavy atom. The highest BCUT2D eigenvalue weighted by Gasteiger charge is 2.47. The van der Waals surface area contributed by atoms with Crippen molar-refractivity contribution in [1.29, 1.82) is 0 Å². The largest absolute Gasteiger partial charge is 0.222 e. The van der Waals surface area contributed by atoms with Gasteiger partial charge in [-0.15, -0.1) is 0 Å². The highest BCUT2D eigenvalue weighted by Crippen LogP contribution is 2.47. The van der Waals surface area contributed by atoms with Crippen molar-refractivity contribution in [3.05, 3.63) is 11.4 Å². The first-order valence-corrected chi connectivity index (χ1v) is 6.16. The van der Waals surface area contributed by atoms with Gasteiger partial charge < -0.3 is 0 Å². The van der Waals surface area contributed by atoms with Crippen LogP contribution >= 0.6 is 0 Å². The minimum Gasteiger partial charge on any atom is -0.222 e. The zero-order chi connectivity index (χ0) is 11.6. The van der Waals surface area contributed by atoms with Crippen LogP contribution in [-0.4, -0.2) is 21.1 Å². The lowest BCUT2D eigenvalue weighted by molar-refractivity contribution is 0.0735. The Balaban J connectivity index is 2.09. The summed E-state index contributed by atoms with van der Waals surface area (Å²) in [5.41, 5.74) is 1.78. The zero-order valence-electron chi connectivity index (χ0n) is 10.6. The van der Waals surface area contributed by atoms with Gasteiger partial charge in [0.25, 0.3) is 0 Å². The molecule has 0 amide bonds. The fourth-order valence-electron chi connectivity index (χ4n) is 2.84. The van der Waals surface area contributed by atoms with Gasteiger partial charge in [-0.3, -0.25) is 0 Å². The average molecular weight is 220 g/mol. The SMILES string of the molecule is CC1(C)CCC2=C3N1N=NN3C(C)(C)CC2. The molecule has 0 radical (unpaired) electrons. The summed E-state index contributed by atoms with van der Waals surface area (Å²) in [5.74, 6) is 1.27. The molecule has 0 aromatic heterocycles. The average Bonchev–Trinajstić information content (AvgIpc) is 2.62. The highest BCUT2D eigenvalue weighted by molar-refractivity contribution is 5.24. The van der Waals surface area contributed by atoms with Crippen LogP contribution in [0.15, 0.2) is 21.8 Å². The summed E-state index contributed by atoms with van der Waals surface area (Å²) in [7, 11) is 0. The number of hydrogen-bond acceptors (Lipinski definition) is 4. The van der Waals surface area contributed by atoms with Gasteiger partial charge in [0, 0.05) is 0 Å². The third kappa shape index (κ3) is 1.16. The second-order valence-electron chi connectivity index (χ2n) is 6.35. The third-order valence-electron chi connectivity index (χ3n) is 4.16. The lowest BCUT2D eigenvalue weighted by Gasteiger charge is -2.46. The van der Waals surface area contributed by atoms with E-state index in [1.165, 1.54) is 31.5 Å². The van der Waals surface area contributed by atoms with E-state index in [-0.39, 0.29) is 11.1 Å². The van der Waals surface area contributed by atoms with Crippen molar-refractivity contribution < 1.29 is 0 Å². The smallest absolute Gasteiger partial charge is 0.149 e. The van der Waals surface area contributed by atoms with Crippen LogP contribution in [0.4, 0.5) is 0 Å². The van der Waals surface area contributed by atoms with Gasteiger partial charge in [-0.1, -0.05) is 0 Å². The number of allylic oxidation sites excluding steroid dienone is 1. The predicted molar refractivity (Wildman–Crippen MR) is 62.2 cm³/mol. The second kappa shape index (κ2) is 2.79. The number of nitrogens with zero attached hydrogens (tertiary/aromatic N) is 4. The van der Waals surface area contributed by atoms with E-state index in [9.17, 15) is 0 Å². The van der Waals surface area contributed by atoms with Gasteiger partial charge in [0.15, 0.2) is 0 Å². The molecule has 88 valence electrons. The Morgan fingerprint density at radius 1 is 0.875 bits per heavy atom. The first-order valence-electron chi connectivity index (χ1n) is 6.16. The summed E-state index contributed by atoms with van der Waals surface area (Å²) in [4.78, 5) is 0. The van der Waals surface area contributed by atoms with E-state index >= 15 is 0 Å². The molecule has 16 heavy (non-hydrogen) atoms. The molecule has 0 aliphatic carbocycles. The van der Waals surface area contributed by atoms with Crippen LogP contribution in [0, 0.1) is 0 Å². The normalized spacial score (nSPS) is 29.8. The van der Waals surface area contributed by atoms with E-state index in [0.29, 0.717) is 0 Å². The molecular formula is C12H20N4. The Kier molecular flexibility index (Phi) is 1.76. The second-order valence-corrected chi connectivity index (χ2v) is 6.35. The molecule has 0 N–H and O–H groups in total. The number of rotatable bonds is 0. The fourth-order valence-corrected chi connectivity index (χ4v) is 2.84. The molecule has 0 atom stereocenters. The lowest BCUT2D eigenvalue weighted by atomic mass is 9.82. The monoisotopic (exact) mass is 220 g/mol. The van der Waals surface area contributed by atoms with Gasteiger partial charge in [-0.05, 0) is 69.4 Å². The Morgan fingerprint density at radius 3 is 1.75 bits per heavy atom. The van der Waals surface area contributed by atoms with E-state index < -0.39 is 0 Å². The third-order valence-corrected chi connectivity index (χ3v) is 4.16. The van der Waals surface area contributed by atoms with Crippen molar-refractivity contribution >= 4 is 0 Å². The van der Waals surface area contributed by atoms with E-state index in [0.717, 1.165) is 0 Å². The van der Waals surface area contributed by atoms with E-state index in [1.807, 2.05) is 0 Å². The van der Waals surface area contributed by atoms with E-state index in [1.54, 1.807) is 5.57 Å². The highest BCUT2D eigenvalue weighted by atomic mass is 15.8. The maximum Gasteiger partial charge on any atom is 0.149 e. The molecule has 0 saturated carbocycles. The molecule has 3 aliphatic rings. The quantitative estimate of drug-likeness (QED) is 0.627. The Bertz CT molecular complexity index is 358. The Labute approximate surface area is 97.0 Å². The summed E-state index contributed by atoms with van der Waals surface area (Å²) in [6, 6.07) is 0. The summed E-state index contributed by atoms with van der Waals surface area (Å²) in [6.45, 7) is 9.00. The van der Waals surface area contributed by atoms with Crippen LogP contribution in [-0.2, 0) is 0 Å². The van der Waals surface area contributed by atoms with Crippen molar-refractivity contribution in [2.45, 2.75) is 64.5 Å². The van der Waals surface area contributed by atoms with Crippen LogP contribution in [0.2, 0.25) is 0 Å². The van der Waals surface area contributed by atoms with Gasteiger partial charge in [-0.2, -0.15) is 0 Å². The molecule has 0 saturated heterocycles. The van der Waals surface area contributed by atoms with Gasteiger partial charge in [0.2, 0.25) is 0 Å². The lowest BCUT2D eigenvalue weighted by Crippen LogP contribution is -2.50. The predicted octanol–water partition coefficient (Wildman–Crippen LogP) is 3.24. The first-order chi connectivity index (χ1) is 7.42. The molecule has 4 heteroatoms. The van der Waals surface area contributed by atoms with Crippen molar-refractivity contribution in [3.63, 3.8) is 0 Å². The topological polar surface area (TPSA) is 31.2 Å². The van der Waals surface area contributed by atoms with E-state index in [2.05, 4.69) is 48.2 Å².